The average molecular weight is 210 g/mol. The first-order chi connectivity index (χ1) is 6.43. The van der Waals surface area contributed by atoms with Gasteiger partial charge in [0.1, 0.15) is 0 Å². The van der Waals surface area contributed by atoms with Crippen LogP contribution in [0.2, 0.25) is 0 Å². The highest BCUT2D eigenvalue weighted by molar-refractivity contribution is 7.09. The molecule has 0 aliphatic rings. The van der Waals surface area contributed by atoms with Gasteiger partial charge in [0.05, 0.1) is 10.7 Å². The second-order valence-corrected chi connectivity index (χ2v) is 5.38. The first-order valence-electron chi connectivity index (χ1n) is 4.76. The molecule has 0 saturated carbocycles. The van der Waals surface area contributed by atoms with Crippen molar-refractivity contribution < 1.29 is 0 Å². The van der Waals surface area contributed by atoms with Gasteiger partial charge in [-0.25, -0.2) is 4.98 Å². The summed E-state index contributed by atoms with van der Waals surface area (Å²) < 4.78 is 0. The van der Waals surface area contributed by atoms with Gasteiger partial charge < -0.3 is 5.73 Å². The Balaban J connectivity index is 2.89. The fourth-order valence-corrected chi connectivity index (χ4v) is 1.87. The zero-order valence-corrected chi connectivity index (χ0v) is 10.1. The maximum absolute atomic E-state index is 5.52. The third-order valence-electron chi connectivity index (χ3n) is 1.88. The van der Waals surface area contributed by atoms with Gasteiger partial charge in [0.25, 0.3) is 0 Å². The summed E-state index contributed by atoms with van der Waals surface area (Å²) in [6, 6.07) is 0. The summed E-state index contributed by atoms with van der Waals surface area (Å²) in [7, 11) is 0. The van der Waals surface area contributed by atoms with Crippen molar-refractivity contribution in [2.24, 2.45) is 5.73 Å². The van der Waals surface area contributed by atoms with Crippen LogP contribution in [0, 0.1) is 0 Å². The van der Waals surface area contributed by atoms with Crippen molar-refractivity contribution in [2.75, 3.05) is 6.54 Å². The number of hydrogen-bond acceptors (Lipinski definition) is 3. The highest BCUT2D eigenvalue weighted by atomic mass is 32.1. The number of hydrogen-bond donors (Lipinski definition) is 1. The highest BCUT2D eigenvalue weighted by Crippen LogP contribution is 2.26. The molecule has 1 rings (SSSR count). The van der Waals surface area contributed by atoms with Gasteiger partial charge in [0, 0.05) is 17.3 Å². The van der Waals surface area contributed by atoms with E-state index >= 15 is 0 Å². The molecule has 0 unspecified atom stereocenters. The molecule has 0 aliphatic carbocycles. The Labute approximate surface area is 89.9 Å². The maximum atomic E-state index is 5.52. The molecule has 2 N–H and O–H groups in total. The Morgan fingerprint density at radius 2 is 2.21 bits per heavy atom. The lowest BCUT2D eigenvalue weighted by Crippen LogP contribution is -2.10. The summed E-state index contributed by atoms with van der Waals surface area (Å²) in [5, 5.41) is 3.26. The predicted octanol–water partition coefficient (Wildman–Crippen LogP) is 2.80. The van der Waals surface area contributed by atoms with E-state index < -0.39 is 0 Å². The first-order valence-corrected chi connectivity index (χ1v) is 5.64. The molecule has 0 radical (unpaired) electrons. The summed E-state index contributed by atoms with van der Waals surface area (Å²) in [6.45, 7) is 9.15. The van der Waals surface area contributed by atoms with Crippen LogP contribution < -0.4 is 5.73 Å². The number of nitrogens with zero attached hydrogens (tertiary/aromatic N) is 1. The van der Waals surface area contributed by atoms with Crippen LogP contribution in [0.15, 0.2) is 11.0 Å². The van der Waals surface area contributed by atoms with Gasteiger partial charge in [-0.05, 0) is 13.0 Å². The van der Waals surface area contributed by atoms with E-state index in [9.17, 15) is 0 Å². The van der Waals surface area contributed by atoms with Gasteiger partial charge in [-0.1, -0.05) is 26.3 Å². The molecule has 0 spiro atoms. The van der Waals surface area contributed by atoms with Crippen molar-refractivity contribution in [1.29, 1.82) is 0 Å². The van der Waals surface area contributed by atoms with Crippen molar-refractivity contribution in [3.05, 3.63) is 21.7 Å². The van der Waals surface area contributed by atoms with Gasteiger partial charge in [-0.15, -0.1) is 11.3 Å². The van der Waals surface area contributed by atoms with E-state index in [1.807, 2.05) is 13.0 Å². The Hall–Kier alpha value is -0.670. The van der Waals surface area contributed by atoms with Crippen molar-refractivity contribution in [3.8, 4) is 0 Å². The van der Waals surface area contributed by atoms with E-state index in [-0.39, 0.29) is 5.41 Å². The molecular formula is C11H18N2S. The van der Waals surface area contributed by atoms with E-state index in [0.717, 1.165) is 11.3 Å². The molecule has 1 aromatic rings. The largest absolute Gasteiger partial charge is 0.327 e. The number of nitrogens with two attached hydrogens (primary N) is 1. The van der Waals surface area contributed by atoms with Crippen LogP contribution in [0.25, 0.3) is 6.08 Å². The van der Waals surface area contributed by atoms with Crippen LogP contribution in [0.5, 0.6) is 0 Å². The Morgan fingerprint density at radius 3 is 2.64 bits per heavy atom. The third-order valence-corrected chi connectivity index (χ3v) is 3.17. The summed E-state index contributed by atoms with van der Waals surface area (Å²) in [5.74, 6) is 0. The molecule has 0 aromatic carbocycles. The van der Waals surface area contributed by atoms with Gasteiger partial charge in [-0.2, -0.15) is 0 Å². The van der Waals surface area contributed by atoms with E-state index in [2.05, 4.69) is 31.1 Å². The average Bonchev–Trinajstić information content (AvgIpc) is 2.51. The molecule has 1 heterocycles. The van der Waals surface area contributed by atoms with Gasteiger partial charge in [0.2, 0.25) is 0 Å². The first kappa shape index (κ1) is 11.4. The zero-order chi connectivity index (χ0) is 10.8. The Kier molecular flexibility index (Phi) is 3.45. The highest BCUT2D eigenvalue weighted by Gasteiger charge is 2.17. The molecule has 14 heavy (non-hydrogen) atoms. The predicted molar refractivity (Wildman–Crippen MR) is 63.5 cm³/mol. The number of thiazole rings is 1. The minimum Gasteiger partial charge on any atom is -0.327 e. The lowest BCUT2D eigenvalue weighted by Gasteiger charge is -2.13. The summed E-state index contributed by atoms with van der Waals surface area (Å²) in [6.07, 6.45) is 2.05. The van der Waals surface area contributed by atoms with Crippen molar-refractivity contribution in [2.45, 2.75) is 33.1 Å². The summed E-state index contributed by atoms with van der Waals surface area (Å²) in [4.78, 5) is 4.56. The van der Waals surface area contributed by atoms with Crippen LogP contribution in [0.1, 0.15) is 38.4 Å². The van der Waals surface area contributed by atoms with Crippen molar-refractivity contribution >= 4 is 17.4 Å². The van der Waals surface area contributed by atoms with Crippen LogP contribution in [-0.4, -0.2) is 11.5 Å². The fraction of sp³-hybridized carbons (Fsp3) is 0.545. The topological polar surface area (TPSA) is 38.9 Å². The van der Waals surface area contributed by atoms with E-state index in [4.69, 9.17) is 5.73 Å². The molecule has 78 valence electrons. The fourth-order valence-electron chi connectivity index (χ4n) is 1.01. The second-order valence-electron chi connectivity index (χ2n) is 4.52. The molecule has 0 bridgehead atoms. The van der Waals surface area contributed by atoms with E-state index in [1.165, 1.54) is 5.01 Å². The molecular weight excluding hydrogens is 192 g/mol. The molecule has 0 atom stereocenters. The van der Waals surface area contributed by atoms with Crippen LogP contribution in [-0.2, 0) is 5.41 Å². The molecule has 0 aliphatic heterocycles. The quantitative estimate of drug-likeness (QED) is 0.815. The Morgan fingerprint density at radius 1 is 1.57 bits per heavy atom. The van der Waals surface area contributed by atoms with Crippen molar-refractivity contribution in [3.63, 3.8) is 0 Å². The van der Waals surface area contributed by atoms with Gasteiger partial charge in [0.15, 0.2) is 0 Å². The van der Waals surface area contributed by atoms with Gasteiger partial charge >= 0.3 is 0 Å². The smallest absolute Gasteiger partial charge is 0.0985 e. The van der Waals surface area contributed by atoms with E-state index in [1.54, 1.807) is 11.3 Å². The Bertz CT molecular complexity index is 331. The summed E-state index contributed by atoms with van der Waals surface area (Å²) >= 11 is 1.71. The van der Waals surface area contributed by atoms with Gasteiger partial charge in [-0.3, -0.25) is 0 Å². The molecule has 1 aromatic heterocycles. The molecule has 2 nitrogen and oxygen atoms in total. The normalized spacial score (nSPS) is 13.4. The molecule has 0 amide bonds. The lowest BCUT2D eigenvalue weighted by atomic mass is 9.98. The van der Waals surface area contributed by atoms with Crippen LogP contribution in [0.3, 0.4) is 0 Å². The number of rotatable bonds is 2. The SMILES string of the molecule is CC(=Cc1csc(C(C)(C)C)n1)CN. The third kappa shape index (κ3) is 2.93. The number of aromatic nitrogens is 1. The van der Waals surface area contributed by atoms with E-state index in [0.29, 0.717) is 6.54 Å². The standard InChI is InChI=1S/C11H18N2S/c1-8(6-12)5-9-7-14-10(13-9)11(2,3)4/h5,7H,6,12H2,1-4H3. The van der Waals surface area contributed by atoms with Crippen LogP contribution in [0.4, 0.5) is 0 Å². The summed E-state index contributed by atoms with van der Waals surface area (Å²) in [5.41, 5.74) is 7.86. The monoisotopic (exact) mass is 210 g/mol. The van der Waals surface area contributed by atoms with Crippen LogP contribution >= 0.6 is 11.3 Å². The van der Waals surface area contributed by atoms with Crippen molar-refractivity contribution in [1.82, 2.24) is 4.98 Å². The molecule has 0 saturated heterocycles. The minimum absolute atomic E-state index is 0.146. The second kappa shape index (κ2) is 4.24. The lowest BCUT2D eigenvalue weighted by molar-refractivity contribution is 0.585. The zero-order valence-electron chi connectivity index (χ0n) is 9.29. The maximum Gasteiger partial charge on any atom is 0.0985 e. The molecule has 0 fully saturated rings. The molecule has 3 heteroatoms. The minimum atomic E-state index is 0.146.